The van der Waals surface area contributed by atoms with Gasteiger partial charge >= 0.3 is 5.97 Å². The monoisotopic (exact) mass is 207 g/mol. The van der Waals surface area contributed by atoms with Crippen LogP contribution < -0.4 is 0 Å². The Morgan fingerprint density at radius 1 is 1.53 bits per heavy atom. The maximum atomic E-state index is 10.7. The highest BCUT2D eigenvalue weighted by Gasteiger charge is 2.13. The first-order valence-corrected chi connectivity index (χ1v) is 4.24. The minimum atomic E-state index is -1.05. The van der Waals surface area contributed by atoms with Crippen molar-refractivity contribution in [3.05, 3.63) is 23.7 Å². The number of aromatic carboxylic acids is 1. The van der Waals surface area contributed by atoms with Crippen LogP contribution >= 0.6 is 0 Å². The van der Waals surface area contributed by atoms with E-state index >= 15 is 0 Å². The van der Waals surface area contributed by atoms with Crippen molar-refractivity contribution in [1.82, 2.24) is 24.8 Å². The maximum Gasteiger partial charge on any atom is 0.356 e. The fourth-order valence-corrected chi connectivity index (χ4v) is 1.24. The lowest BCUT2D eigenvalue weighted by atomic mass is 10.4. The van der Waals surface area contributed by atoms with Gasteiger partial charge in [-0.05, 0) is 13.0 Å². The fraction of sp³-hybridized carbons (Fsp3) is 0.250. The SMILES string of the molecule is Cc1cc(C(=O)O)nn1-c1cn(C)nn1. The van der Waals surface area contributed by atoms with Crippen LogP contribution in [-0.4, -0.2) is 35.9 Å². The van der Waals surface area contributed by atoms with Gasteiger partial charge in [0, 0.05) is 12.7 Å². The maximum absolute atomic E-state index is 10.7. The van der Waals surface area contributed by atoms with Gasteiger partial charge in [-0.1, -0.05) is 5.21 Å². The molecular weight excluding hydrogens is 198 g/mol. The molecule has 1 N–H and O–H groups in total. The highest BCUT2D eigenvalue weighted by atomic mass is 16.4. The van der Waals surface area contributed by atoms with Crippen molar-refractivity contribution in [1.29, 1.82) is 0 Å². The third kappa shape index (κ3) is 1.58. The van der Waals surface area contributed by atoms with E-state index in [1.807, 2.05) is 0 Å². The molecule has 0 fully saturated rings. The van der Waals surface area contributed by atoms with Crippen molar-refractivity contribution in [2.45, 2.75) is 6.92 Å². The molecule has 0 radical (unpaired) electrons. The second-order valence-corrected chi connectivity index (χ2v) is 3.14. The van der Waals surface area contributed by atoms with Gasteiger partial charge in [0.1, 0.15) is 0 Å². The second kappa shape index (κ2) is 3.19. The largest absolute Gasteiger partial charge is 0.476 e. The van der Waals surface area contributed by atoms with Crippen LogP contribution in [0.15, 0.2) is 12.3 Å². The smallest absolute Gasteiger partial charge is 0.356 e. The van der Waals surface area contributed by atoms with Gasteiger partial charge in [-0.25, -0.2) is 9.48 Å². The van der Waals surface area contributed by atoms with Crippen LogP contribution in [0.2, 0.25) is 0 Å². The number of aryl methyl sites for hydroxylation is 2. The van der Waals surface area contributed by atoms with Crippen molar-refractivity contribution < 1.29 is 9.90 Å². The first-order chi connectivity index (χ1) is 7.08. The number of nitrogens with zero attached hydrogens (tertiary/aromatic N) is 5. The summed E-state index contributed by atoms with van der Waals surface area (Å²) in [5, 5.41) is 20.2. The Hall–Kier alpha value is -2.18. The van der Waals surface area contributed by atoms with Crippen LogP contribution in [-0.2, 0) is 7.05 Å². The minimum Gasteiger partial charge on any atom is -0.476 e. The van der Waals surface area contributed by atoms with E-state index in [-0.39, 0.29) is 5.69 Å². The Bertz CT molecular complexity index is 513. The first kappa shape index (κ1) is 9.38. The molecule has 0 atom stereocenters. The van der Waals surface area contributed by atoms with E-state index in [1.165, 1.54) is 15.4 Å². The molecule has 0 saturated heterocycles. The molecule has 0 aliphatic carbocycles. The molecule has 7 nitrogen and oxygen atoms in total. The van der Waals surface area contributed by atoms with Crippen LogP contribution in [0.3, 0.4) is 0 Å². The average Bonchev–Trinajstić information content (AvgIpc) is 2.71. The van der Waals surface area contributed by atoms with Gasteiger partial charge in [-0.3, -0.25) is 4.68 Å². The molecule has 0 amide bonds. The standard InChI is InChI=1S/C8H9N5O2/c1-5-3-6(8(14)15)10-13(5)7-4-12(2)11-9-7/h3-4H,1-2H3,(H,14,15). The zero-order valence-corrected chi connectivity index (χ0v) is 8.25. The Morgan fingerprint density at radius 3 is 2.73 bits per heavy atom. The highest BCUT2D eigenvalue weighted by molar-refractivity contribution is 5.85. The summed E-state index contributed by atoms with van der Waals surface area (Å²) in [5.41, 5.74) is 0.700. The summed E-state index contributed by atoms with van der Waals surface area (Å²) in [5.74, 6) is -0.553. The molecule has 0 spiro atoms. The molecular formula is C8H9N5O2. The van der Waals surface area contributed by atoms with Crippen molar-refractivity contribution in [2.75, 3.05) is 0 Å². The molecule has 7 heteroatoms. The molecule has 0 unspecified atom stereocenters. The predicted molar refractivity (Wildman–Crippen MR) is 49.8 cm³/mol. The van der Waals surface area contributed by atoms with Crippen molar-refractivity contribution in [3.8, 4) is 5.82 Å². The lowest BCUT2D eigenvalue weighted by Gasteiger charge is -1.95. The van der Waals surface area contributed by atoms with Crippen molar-refractivity contribution >= 4 is 5.97 Å². The average molecular weight is 207 g/mol. The van der Waals surface area contributed by atoms with E-state index in [9.17, 15) is 4.79 Å². The predicted octanol–water partition coefficient (Wildman–Crippen LogP) is 0.00742. The second-order valence-electron chi connectivity index (χ2n) is 3.14. The van der Waals surface area contributed by atoms with Crippen LogP contribution in [0, 0.1) is 6.92 Å². The van der Waals surface area contributed by atoms with Crippen LogP contribution in [0.4, 0.5) is 0 Å². The number of aromatic nitrogens is 5. The highest BCUT2D eigenvalue weighted by Crippen LogP contribution is 2.08. The number of hydrogen-bond acceptors (Lipinski definition) is 4. The summed E-state index contributed by atoms with van der Waals surface area (Å²) in [6.45, 7) is 1.76. The lowest BCUT2D eigenvalue weighted by Crippen LogP contribution is -2.02. The summed E-state index contributed by atoms with van der Waals surface area (Å²) in [4.78, 5) is 10.7. The summed E-state index contributed by atoms with van der Waals surface area (Å²) in [7, 11) is 1.73. The summed E-state index contributed by atoms with van der Waals surface area (Å²) in [6.07, 6.45) is 1.66. The normalized spacial score (nSPS) is 10.5. The zero-order chi connectivity index (χ0) is 11.0. The molecule has 0 aromatic carbocycles. The Labute approximate surface area is 84.9 Å². The fourth-order valence-electron chi connectivity index (χ4n) is 1.24. The molecule has 0 aliphatic heterocycles. The molecule has 0 bridgehead atoms. The number of carboxylic acids is 1. The van der Waals surface area contributed by atoms with E-state index in [2.05, 4.69) is 15.4 Å². The Morgan fingerprint density at radius 2 is 2.27 bits per heavy atom. The lowest BCUT2D eigenvalue weighted by molar-refractivity contribution is 0.0690. The molecule has 0 saturated carbocycles. The third-order valence-corrected chi connectivity index (χ3v) is 1.91. The first-order valence-electron chi connectivity index (χ1n) is 4.24. The van der Waals surface area contributed by atoms with Gasteiger partial charge in [0.05, 0.1) is 6.20 Å². The van der Waals surface area contributed by atoms with Gasteiger partial charge in [0.25, 0.3) is 0 Å². The van der Waals surface area contributed by atoms with E-state index < -0.39 is 5.97 Å². The van der Waals surface area contributed by atoms with Gasteiger partial charge in [0.2, 0.25) is 0 Å². The van der Waals surface area contributed by atoms with E-state index in [1.54, 1.807) is 20.2 Å². The topological polar surface area (TPSA) is 85.8 Å². The van der Waals surface area contributed by atoms with Crippen LogP contribution in [0.25, 0.3) is 5.82 Å². The number of carboxylic acid groups (broad SMARTS) is 1. The number of hydrogen-bond donors (Lipinski definition) is 1. The van der Waals surface area contributed by atoms with E-state index in [0.29, 0.717) is 11.5 Å². The van der Waals surface area contributed by atoms with Crippen molar-refractivity contribution in [2.24, 2.45) is 7.05 Å². The van der Waals surface area contributed by atoms with Gasteiger partial charge in [-0.2, -0.15) is 5.10 Å². The van der Waals surface area contributed by atoms with Crippen LogP contribution in [0.1, 0.15) is 16.2 Å². The molecule has 78 valence electrons. The number of carbonyl (C=O) groups is 1. The number of rotatable bonds is 2. The van der Waals surface area contributed by atoms with Crippen LogP contribution in [0.5, 0.6) is 0 Å². The molecule has 0 aliphatic rings. The molecule has 2 aromatic heterocycles. The summed E-state index contributed by atoms with van der Waals surface area (Å²) < 4.78 is 2.97. The van der Waals surface area contributed by atoms with Gasteiger partial charge < -0.3 is 5.11 Å². The van der Waals surface area contributed by atoms with E-state index in [4.69, 9.17) is 5.11 Å². The molecule has 15 heavy (non-hydrogen) atoms. The van der Waals surface area contributed by atoms with Gasteiger partial charge in [-0.15, -0.1) is 5.10 Å². The zero-order valence-electron chi connectivity index (χ0n) is 8.25. The summed E-state index contributed by atoms with van der Waals surface area (Å²) >= 11 is 0. The summed E-state index contributed by atoms with van der Waals surface area (Å²) in [6, 6.07) is 1.48. The van der Waals surface area contributed by atoms with Crippen molar-refractivity contribution in [3.63, 3.8) is 0 Å². The Kier molecular flexibility index (Phi) is 2.00. The Balaban J connectivity index is 2.49. The minimum absolute atomic E-state index is 0.00171. The van der Waals surface area contributed by atoms with Gasteiger partial charge in [0.15, 0.2) is 11.5 Å². The molecule has 2 rings (SSSR count). The molecule has 2 heterocycles. The third-order valence-electron chi connectivity index (χ3n) is 1.91. The quantitative estimate of drug-likeness (QED) is 0.749. The molecule has 2 aromatic rings. The van der Waals surface area contributed by atoms with E-state index in [0.717, 1.165) is 0 Å².